The SMILES string of the molecule is CC(=O)N[C@@H](Cc1ccncc1)[C@@H](O)CN[C@H]1CC2(CCC2)Oc2ncc(CC(C)(C)C)cc21. The summed E-state index contributed by atoms with van der Waals surface area (Å²) >= 11 is 0. The zero-order valence-electron chi connectivity index (χ0n) is 20.8. The number of rotatable bonds is 8. The van der Waals surface area contributed by atoms with Gasteiger partial charge in [-0.3, -0.25) is 9.78 Å². The van der Waals surface area contributed by atoms with E-state index in [2.05, 4.69) is 42.5 Å². The Kier molecular flexibility index (Phi) is 7.24. The summed E-state index contributed by atoms with van der Waals surface area (Å²) < 4.78 is 6.38. The Morgan fingerprint density at radius 1 is 1.26 bits per heavy atom. The molecule has 2 aliphatic rings. The van der Waals surface area contributed by atoms with E-state index in [9.17, 15) is 9.90 Å². The molecule has 0 radical (unpaired) electrons. The summed E-state index contributed by atoms with van der Waals surface area (Å²) in [7, 11) is 0. The Hall–Kier alpha value is -2.51. The van der Waals surface area contributed by atoms with E-state index in [1.54, 1.807) is 12.4 Å². The standard InChI is InChI=1S/C27H38N4O3/c1-18(32)31-22(13-19-6-10-28-11-7-19)24(33)17-29-23-15-27(8-5-9-27)34-25-21(23)12-20(16-30-25)14-26(2,3)4/h6-7,10-12,16,22-24,29,33H,5,8-9,13-15,17H2,1-4H3,(H,31,32)/t22-,23-,24-/m0/s1. The van der Waals surface area contributed by atoms with Crippen molar-refractivity contribution in [1.29, 1.82) is 0 Å². The van der Waals surface area contributed by atoms with Gasteiger partial charge < -0.3 is 20.5 Å². The van der Waals surface area contributed by atoms with Gasteiger partial charge in [0.15, 0.2) is 0 Å². The topological polar surface area (TPSA) is 96.4 Å². The van der Waals surface area contributed by atoms with Gasteiger partial charge in [0.25, 0.3) is 0 Å². The molecule has 3 heterocycles. The van der Waals surface area contributed by atoms with Crippen molar-refractivity contribution in [3.63, 3.8) is 0 Å². The molecule has 184 valence electrons. The number of hydrogen-bond donors (Lipinski definition) is 3. The molecule has 1 aliphatic carbocycles. The predicted molar refractivity (Wildman–Crippen MR) is 132 cm³/mol. The number of hydrogen-bond acceptors (Lipinski definition) is 6. The van der Waals surface area contributed by atoms with Crippen molar-refractivity contribution in [2.45, 2.75) is 90.0 Å². The maximum Gasteiger partial charge on any atom is 0.218 e. The largest absolute Gasteiger partial charge is 0.471 e. The van der Waals surface area contributed by atoms with E-state index in [-0.39, 0.29) is 23.0 Å². The monoisotopic (exact) mass is 466 g/mol. The second kappa shape index (κ2) is 10.0. The molecule has 1 amide bonds. The van der Waals surface area contributed by atoms with Crippen LogP contribution in [0.4, 0.5) is 0 Å². The molecule has 0 bridgehead atoms. The molecular weight excluding hydrogens is 428 g/mol. The van der Waals surface area contributed by atoms with Gasteiger partial charge >= 0.3 is 0 Å². The van der Waals surface area contributed by atoms with Crippen molar-refractivity contribution in [3.05, 3.63) is 53.5 Å². The van der Waals surface area contributed by atoms with Gasteiger partial charge in [0.05, 0.1) is 12.1 Å². The normalized spacial score (nSPS) is 20.6. The lowest BCUT2D eigenvalue weighted by Gasteiger charge is -2.47. The number of nitrogens with one attached hydrogen (secondary N) is 2. The maximum absolute atomic E-state index is 11.8. The van der Waals surface area contributed by atoms with Gasteiger partial charge in [-0.25, -0.2) is 4.98 Å². The van der Waals surface area contributed by atoms with Crippen LogP contribution in [0.2, 0.25) is 0 Å². The minimum atomic E-state index is -0.744. The van der Waals surface area contributed by atoms with Crippen LogP contribution in [0.25, 0.3) is 0 Å². The maximum atomic E-state index is 11.8. The summed E-state index contributed by atoms with van der Waals surface area (Å²) in [6, 6.07) is 5.68. The first-order chi connectivity index (χ1) is 16.1. The highest BCUT2D eigenvalue weighted by molar-refractivity contribution is 5.73. The third-order valence-corrected chi connectivity index (χ3v) is 6.83. The number of aliphatic hydroxyl groups is 1. The van der Waals surface area contributed by atoms with Crippen LogP contribution in [0.3, 0.4) is 0 Å². The Morgan fingerprint density at radius 3 is 2.62 bits per heavy atom. The zero-order valence-corrected chi connectivity index (χ0v) is 20.8. The van der Waals surface area contributed by atoms with Crippen LogP contribution < -0.4 is 15.4 Å². The summed E-state index contributed by atoms with van der Waals surface area (Å²) in [6.45, 7) is 8.52. The summed E-state index contributed by atoms with van der Waals surface area (Å²) in [5.41, 5.74) is 3.30. The molecule has 1 spiro atoms. The minimum absolute atomic E-state index is 0.0463. The number of carbonyl (C=O) groups excluding carboxylic acids is 1. The van der Waals surface area contributed by atoms with Gasteiger partial charge in [-0.2, -0.15) is 0 Å². The van der Waals surface area contributed by atoms with Crippen molar-refractivity contribution >= 4 is 5.91 Å². The predicted octanol–water partition coefficient (Wildman–Crippen LogP) is 3.51. The number of nitrogens with zero attached hydrogens (tertiary/aromatic N) is 2. The fraction of sp³-hybridized carbons (Fsp3) is 0.593. The van der Waals surface area contributed by atoms with E-state index < -0.39 is 12.1 Å². The highest BCUT2D eigenvalue weighted by atomic mass is 16.5. The summed E-state index contributed by atoms with van der Waals surface area (Å²) in [4.78, 5) is 20.6. The molecule has 2 aromatic rings. The van der Waals surface area contributed by atoms with Crippen molar-refractivity contribution < 1.29 is 14.6 Å². The van der Waals surface area contributed by atoms with Crippen LogP contribution in [0.5, 0.6) is 5.88 Å². The molecule has 3 N–H and O–H groups in total. The molecule has 2 aromatic heterocycles. The van der Waals surface area contributed by atoms with Crippen molar-refractivity contribution in [1.82, 2.24) is 20.6 Å². The number of amides is 1. The molecule has 0 aromatic carbocycles. The van der Waals surface area contributed by atoms with Gasteiger partial charge in [-0.05, 0) is 66.8 Å². The molecule has 0 saturated heterocycles. The van der Waals surface area contributed by atoms with E-state index in [0.717, 1.165) is 36.8 Å². The first kappa shape index (κ1) is 24.6. The van der Waals surface area contributed by atoms with Crippen molar-refractivity contribution in [2.24, 2.45) is 5.41 Å². The molecule has 3 atom stereocenters. The summed E-state index contributed by atoms with van der Waals surface area (Å²) in [6.07, 6.45) is 10.2. The number of pyridine rings is 2. The van der Waals surface area contributed by atoms with Crippen LogP contribution in [0, 0.1) is 5.41 Å². The number of aromatic nitrogens is 2. The second-order valence-electron chi connectivity index (χ2n) is 11.2. The summed E-state index contributed by atoms with van der Waals surface area (Å²) in [5, 5.41) is 17.6. The fourth-order valence-electron chi connectivity index (χ4n) is 5.07. The average molecular weight is 467 g/mol. The lowest BCUT2D eigenvalue weighted by atomic mass is 9.73. The number of aliphatic hydroxyl groups excluding tert-OH is 1. The average Bonchev–Trinajstić information content (AvgIpc) is 2.75. The lowest BCUT2D eigenvalue weighted by Crippen LogP contribution is -2.52. The van der Waals surface area contributed by atoms with Gasteiger partial charge in [0, 0.05) is 50.1 Å². The van der Waals surface area contributed by atoms with E-state index in [1.807, 2.05) is 18.3 Å². The van der Waals surface area contributed by atoms with Gasteiger partial charge in [-0.1, -0.05) is 20.8 Å². The highest BCUT2D eigenvalue weighted by Gasteiger charge is 2.46. The molecule has 0 unspecified atom stereocenters. The molecule has 7 heteroatoms. The highest BCUT2D eigenvalue weighted by Crippen LogP contribution is 2.48. The minimum Gasteiger partial charge on any atom is -0.471 e. The van der Waals surface area contributed by atoms with Crippen LogP contribution in [-0.4, -0.2) is 45.3 Å². The number of carbonyl (C=O) groups is 1. The molecular formula is C27H38N4O3. The van der Waals surface area contributed by atoms with Gasteiger partial charge in [0.2, 0.25) is 11.8 Å². The van der Waals surface area contributed by atoms with Crippen LogP contribution in [0.15, 0.2) is 36.8 Å². The molecule has 7 nitrogen and oxygen atoms in total. The Bertz CT molecular complexity index is 985. The second-order valence-corrected chi connectivity index (χ2v) is 11.2. The lowest BCUT2D eigenvalue weighted by molar-refractivity contribution is -0.120. The zero-order chi connectivity index (χ0) is 24.3. The molecule has 4 rings (SSSR count). The van der Waals surface area contributed by atoms with Crippen molar-refractivity contribution in [2.75, 3.05) is 6.54 Å². The van der Waals surface area contributed by atoms with E-state index in [1.165, 1.54) is 18.9 Å². The van der Waals surface area contributed by atoms with Crippen molar-refractivity contribution in [3.8, 4) is 5.88 Å². The number of ether oxygens (including phenoxy) is 1. The number of fused-ring (bicyclic) bond motifs is 1. The third kappa shape index (κ3) is 6.13. The van der Waals surface area contributed by atoms with Crippen LogP contribution in [-0.2, 0) is 17.6 Å². The summed E-state index contributed by atoms with van der Waals surface area (Å²) in [5.74, 6) is 0.560. The van der Waals surface area contributed by atoms with E-state index in [4.69, 9.17) is 9.72 Å². The van der Waals surface area contributed by atoms with E-state index >= 15 is 0 Å². The molecule has 34 heavy (non-hydrogen) atoms. The van der Waals surface area contributed by atoms with Crippen LogP contribution in [0.1, 0.15) is 76.1 Å². The smallest absolute Gasteiger partial charge is 0.218 e. The molecule has 1 fully saturated rings. The molecule has 1 aliphatic heterocycles. The van der Waals surface area contributed by atoms with Crippen LogP contribution >= 0.6 is 0 Å². The molecule has 1 saturated carbocycles. The quantitative estimate of drug-likeness (QED) is 0.551. The van der Waals surface area contributed by atoms with E-state index in [0.29, 0.717) is 18.8 Å². The van der Waals surface area contributed by atoms with Gasteiger partial charge in [0.1, 0.15) is 5.60 Å². The Labute approximate surface area is 202 Å². The fourth-order valence-corrected chi connectivity index (χ4v) is 5.07. The first-order valence-electron chi connectivity index (χ1n) is 12.4. The first-order valence-corrected chi connectivity index (χ1v) is 12.4. The Balaban J connectivity index is 1.50. The van der Waals surface area contributed by atoms with Gasteiger partial charge in [-0.15, -0.1) is 0 Å². The third-order valence-electron chi connectivity index (χ3n) is 6.83. The Morgan fingerprint density at radius 2 is 2.00 bits per heavy atom.